The fraction of sp³-hybridized carbons (Fsp3) is 0.216. The molecule has 0 saturated heterocycles. The van der Waals surface area contributed by atoms with Crippen molar-refractivity contribution in [1.29, 1.82) is 0 Å². The van der Waals surface area contributed by atoms with E-state index >= 15 is 0 Å². The lowest BCUT2D eigenvalue weighted by Crippen LogP contribution is -2.14. The van der Waals surface area contributed by atoms with Crippen molar-refractivity contribution < 1.29 is 139 Å². The van der Waals surface area contributed by atoms with Gasteiger partial charge in [-0.3, -0.25) is 95.9 Å². The van der Waals surface area contributed by atoms with Crippen LogP contribution in [0.15, 0.2) is 215 Å². The average Bonchev–Trinajstić information content (AvgIpc) is 0.939. The Morgan fingerprint density at radius 3 is 1.38 bits per heavy atom. The van der Waals surface area contributed by atoms with Gasteiger partial charge in [0.05, 0.1) is 108 Å². The van der Waals surface area contributed by atoms with Crippen LogP contribution in [0, 0.1) is 19.7 Å². The third kappa shape index (κ3) is 40.1. The molecule has 6 aromatic carbocycles. The molecule has 6 heterocycles. The van der Waals surface area contributed by atoms with Crippen LogP contribution in [0.3, 0.4) is 0 Å². The minimum absolute atomic E-state index is 0.0238. The molecule has 12 rings (SSSR count). The van der Waals surface area contributed by atoms with E-state index in [1.165, 1.54) is 129 Å². The lowest BCUT2D eigenvalue weighted by atomic mass is 10.2. The van der Waals surface area contributed by atoms with Gasteiger partial charge in [0.1, 0.15) is 37.8 Å². The Kier molecular flexibility index (Phi) is 46.9. The number of benzene rings is 6. The number of thioether (sulfide) groups is 6. The van der Waals surface area contributed by atoms with Crippen LogP contribution in [-0.2, 0) is 95.1 Å². The normalized spacial score (nSPS) is 11.3. The van der Waals surface area contributed by atoms with Gasteiger partial charge >= 0.3 is 21.4 Å². The van der Waals surface area contributed by atoms with Gasteiger partial charge in [-0.15, -0.1) is 11.3 Å². The number of carbonyl (C=O) groups is 12. The average molecular weight is 2380 g/mol. The van der Waals surface area contributed by atoms with Crippen molar-refractivity contribution in [1.82, 2.24) is 30.1 Å². The lowest BCUT2D eigenvalue weighted by molar-refractivity contribution is -0.137. The number of alkyl halides is 3. The Hall–Kier alpha value is -11.8. The highest BCUT2D eigenvalue weighted by Gasteiger charge is 2.33. The largest absolute Gasteiger partial charge is 0.497 e. The number of Topliss-reactive ketones (excluding diaryl/α,β-unsaturated/α-hetero) is 6. The summed E-state index contributed by atoms with van der Waals surface area (Å²) in [6.07, 6.45) is -2.51. The number of nitrogens with zero attached hydrogens (tertiary/aromatic N) is 6. The van der Waals surface area contributed by atoms with E-state index in [2.05, 4.69) is 58.5 Å². The summed E-state index contributed by atoms with van der Waals surface area (Å²) in [6, 6.07) is 38.8. The number of nitrogens with one attached hydrogen (secondary N) is 7. The van der Waals surface area contributed by atoms with Crippen LogP contribution >= 0.6 is 128 Å². The van der Waals surface area contributed by atoms with E-state index in [0.29, 0.717) is 50.9 Å². The predicted octanol–water partition coefficient (Wildman–Crippen LogP) is 16.9. The summed E-state index contributed by atoms with van der Waals surface area (Å²) in [6.45, 7) is 11.2. The first-order chi connectivity index (χ1) is 69.6. The van der Waals surface area contributed by atoms with Crippen molar-refractivity contribution in [2.45, 2.75) is 89.6 Å². The number of pyridine rings is 1. The molecule has 0 saturated carbocycles. The number of carbonyl (C=O) groups excluding carboxylic acids is 12. The highest BCUT2D eigenvalue weighted by Crippen LogP contribution is 2.37. The number of hydrogen-bond donors (Lipinski definition) is 7. The van der Waals surface area contributed by atoms with E-state index in [-0.39, 0.29) is 171 Å². The number of thiophene rings is 1. The zero-order chi connectivity index (χ0) is 111. The summed E-state index contributed by atoms with van der Waals surface area (Å²) in [7, 11) is -17.3. The van der Waals surface area contributed by atoms with Gasteiger partial charge in [-0.1, -0.05) is 141 Å². The SMILES string of the molecule is CC(=O)SCC(=O)c1ccc(S(=O)(=O)Nc2ccc(F)cc2)cn1.CC(=O)SCC(=O)c1ccc(S(=O)(=O)Nc2cccc(C(F)(F)F)c2)s1.CC(=O)SCC(=O)c1cnc(S(=O)(=O)Nc2ccc(N(C)C)cc2)o1.CC(=O)SCC(=O)c1sc(S(=O)(=O)Nc2ccc(Cl)c(Cl)c2)nc1C.CC(=O)SCC(=O)c1sc(S(=O)(=O)Nc2ccccc2)nc1C.COc1ccc(NS(=O)(=O)c2cc(C(=O)CSC(C)=O)n[nH]2)c(OC)c1. The van der Waals surface area contributed by atoms with Gasteiger partial charge in [0.2, 0.25) is 14.5 Å². The van der Waals surface area contributed by atoms with Crippen molar-refractivity contribution in [3.8, 4) is 11.5 Å². The van der Waals surface area contributed by atoms with Crippen LogP contribution < -0.4 is 42.7 Å². The molecule has 0 amide bonds. The van der Waals surface area contributed by atoms with Crippen molar-refractivity contribution in [3.63, 3.8) is 0 Å². The number of sulfonamides is 6. The molecule has 149 heavy (non-hydrogen) atoms. The number of rotatable bonds is 39. The van der Waals surface area contributed by atoms with E-state index in [0.717, 1.165) is 142 Å². The second-order valence-corrected chi connectivity index (χ2v) is 50.7. The number of aryl methyl sites for hydroxylation is 2. The molecule has 7 N–H and O–H groups in total. The molecule has 0 aliphatic rings. The number of oxazole rings is 1. The molecule has 61 heteroatoms. The summed E-state index contributed by atoms with van der Waals surface area (Å²) in [5.74, 6) is -2.81. The molecule has 12 aromatic rings. The Balaban J connectivity index is 0.000000242. The summed E-state index contributed by atoms with van der Waals surface area (Å²) in [4.78, 5) is 155. The van der Waals surface area contributed by atoms with E-state index in [9.17, 15) is 126 Å². The van der Waals surface area contributed by atoms with Crippen LogP contribution in [0.4, 0.5) is 57.4 Å². The van der Waals surface area contributed by atoms with Crippen molar-refractivity contribution in [2.75, 3.05) is 96.1 Å². The quantitative estimate of drug-likeness (QED) is 0.0139. The molecule has 0 atom stereocenters. The molecule has 0 spiro atoms. The molecule has 40 nitrogen and oxygen atoms in total. The first-order valence-corrected chi connectivity index (χ1v) is 59.2. The Morgan fingerprint density at radius 1 is 0.430 bits per heavy atom. The molecule has 0 fully saturated rings. The van der Waals surface area contributed by atoms with Gasteiger partial charge in [0.25, 0.3) is 50.1 Å². The number of halogens is 6. The Bertz CT molecular complexity index is 7680. The van der Waals surface area contributed by atoms with Gasteiger partial charge in [-0.25, -0.2) is 36.2 Å². The lowest BCUT2D eigenvalue weighted by Gasteiger charge is -2.12. The van der Waals surface area contributed by atoms with Gasteiger partial charge < -0.3 is 18.8 Å². The fourth-order valence-electron chi connectivity index (χ4n) is 10.6. The maximum absolute atomic E-state index is 12.8. The van der Waals surface area contributed by atoms with Crippen LogP contribution in [-0.4, -0.2) is 209 Å². The van der Waals surface area contributed by atoms with Gasteiger partial charge in [0, 0.05) is 102 Å². The summed E-state index contributed by atoms with van der Waals surface area (Å²) in [5.41, 5.74) is 1.71. The van der Waals surface area contributed by atoms with E-state index < -0.39 is 100 Å². The van der Waals surface area contributed by atoms with Gasteiger partial charge in [-0.2, -0.15) is 51.9 Å². The number of anilines is 7. The smallest absolute Gasteiger partial charge is 0.416 e. The zero-order valence-corrected chi connectivity index (χ0v) is 92.9. The van der Waals surface area contributed by atoms with E-state index in [4.69, 9.17) is 37.1 Å². The highest BCUT2D eigenvalue weighted by molar-refractivity contribution is 8.15. The number of aromatic amines is 1. The second kappa shape index (κ2) is 56.3. The summed E-state index contributed by atoms with van der Waals surface area (Å²) in [5, 5.41) is 4.40. The predicted molar refractivity (Wildman–Crippen MR) is 568 cm³/mol. The van der Waals surface area contributed by atoms with Gasteiger partial charge in [0.15, 0.2) is 70.4 Å². The molecule has 0 bridgehead atoms. The number of thiazole rings is 2. The number of H-pyrrole nitrogens is 1. The molecular weight excluding hydrogens is 2300 g/mol. The van der Waals surface area contributed by atoms with E-state index in [1.807, 2.05) is 19.0 Å². The van der Waals surface area contributed by atoms with Crippen molar-refractivity contribution >= 4 is 293 Å². The number of para-hydroxylation sites is 1. The summed E-state index contributed by atoms with van der Waals surface area (Å²) < 4.78 is 227. The highest BCUT2D eigenvalue weighted by atomic mass is 35.5. The van der Waals surface area contributed by atoms with E-state index in [1.54, 1.807) is 74.5 Å². The fourth-order valence-corrected chi connectivity index (χ4v) is 24.0. The first-order valence-electron chi connectivity index (χ1n) is 41.2. The molecule has 0 unspecified atom stereocenters. The van der Waals surface area contributed by atoms with Crippen LogP contribution in [0.2, 0.25) is 10.0 Å². The standard InChI is InChI=1S/C15H12F3NO4S3.C15H13FN2O4S2.C15H17N3O6S2.C15H17N3O5S2.C14H12Cl2N2O4S3.C14H14N2O4S3/c1-9(20)24-8-12(21)13-5-6-14(25-13)26(22,23)19-11-4-2-3-10(7-11)15(16,17)18;1-10(19)23-9-15(20)14-7-6-13(8-17-14)24(21,22)18-12-4-2-11(16)3-5-12;1-9(19)25-8-13(20)12-7-15(17-16-12)26(21,22)18-11-5-4-10(23-2)6-14(11)24-3;1-10(19)24-9-13(20)14-8-16-15(23-14)25(21,22)17-11-4-6-12(7-5-11)18(2)3;1-7-13(12(20)6-23-8(2)19)24-14(17-7)25(21,22)18-9-3-4-10(15)11(16)5-9;1-9-13(12(18)8-21-10(2)17)22-14(15-9)23(19,20)16-11-6-4-3-5-7-11/h2-7,19H,8H2,1H3;2-8,18H,9H2,1H3;4-7,18H,8H2,1-3H3,(H,16,17);4-8,17H,9H2,1-3H3;3-5,18H,6H2,1-2H3;3-7,16H,8H2,1-2H3. The molecule has 796 valence electrons. The Labute approximate surface area is 898 Å². The topological polar surface area (TPSA) is 597 Å². The van der Waals surface area contributed by atoms with Gasteiger partial charge in [-0.05, 0) is 147 Å². The van der Waals surface area contributed by atoms with Crippen molar-refractivity contribution in [3.05, 3.63) is 247 Å². The minimum Gasteiger partial charge on any atom is -0.497 e. The molecular formula is C88H85Cl2F4N13O27S15. The first kappa shape index (κ1) is 124. The zero-order valence-electron chi connectivity index (χ0n) is 79.2. The monoisotopic (exact) mass is 2380 g/mol. The second-order valence-electron chi connectivity index (χ2n) is 29.3. The van der Waals surface area contributed by atoms with Crippen LogP contribution in [0.1, 0.15) is 119 Å². The maximum Gasteiger partial charge on any atom is 0.416 e. The Morgan fingerprint density at radius 2 is 0.886 bits per heavy atom. The van der Waals surface area contributed by atoms with Crippen LogP contribution in [0.25, 0.3) is 0 Å². The number of ether oxygens (including phenoxy) is 2. The molecule has 6 aromatic heterocycles. The molecule has 0 aliphatic heterocycles. The maximum atomic E-state index is 12.8. The third-order valence-corrected chi connectivity index (χ3v) is 35.9. The summed E-state index contributed by atoms with van der Waals surface area (Å²) >= 11 is 19.0. The molecule has 0 aliphatic carbocycles. The number of ketones is 6. The number of aromatic nitrogens is 6. The number of hydrogen-bond acceptors (Lipinski definition) is 42. The minimum atomic E-state index is -4.60. The van der Waals surface area contributed by atoms with Crippen LogP contribution in [0.5, 0.6) is 11.5 Å². The molecule has 0 radical (unpaired) electrons. The third-order valence-electron chi connectivity index (χ3n) is 17.6. The number of methoxy groups -OCH3 is 2. The van der Waals surface area contributed by atoms with Crippen molar-refractivity contribution in [2.24, 2.45) is 0 Å².